The molecule has 0 saturated carbocycles. The summed E-state index contributed by atoms with van der Waals surface area (Å²) < 4.78 is 5.33. The minimum absolute atomic E-state index is 0.167. The lowest BCUT2D eigenvalue weighted by Crippen LogP contribution is -2.39. The third kappa shape index (κ3) is 5.85. The van der Waals surface area contributed by atoms with Crippen LogP contribution < -0.4 is 10.1 Å². The number of methoxy groups -OCH3 is 1. The van der Waals surface area contributed by atoms with Crippen LogP contribution in [-0.2, 0) is 17.8 Å². The molecule has 0 saturated heterocycles. The normalized spacial score (nSPS) is 16.5. The number of aromatic amines is 1. The van der Waals surface area contributed by atoms with Gasteiger partial charge in [0.2, 0.25) is 5.91 Å². The number of aromatic nitrogens is 1. The number of H-pyrrole nitrogens is 1. The molecule has 3 rings (SSSR count). The summed E-state index contributed by atoms with van der Waals surface area (Å²) in [7, 11) is 1.67. The molecule has 1 aromatic carbocycles. The van der Waals surface area contributed by atoms with Crippen LogP contribution in [0.4, 0.5) is 0 Å². The standard InChI is InChI=1S/C28H37N3O2/c1-6-10-26-22(13-14-23-19-30-20(4)27(23)26)16-24(28(32)31(7-2)8-3)18-29-17-21-11-9-12-25(15-21)33-5/h6,9-12,15-16,19,24,29-30H,1,7-8,13-14,17-18H2,2-5H3/b22-16+,26-10-. The first-order chi connectivity index (χ1) is 16.0. The Morgan fingerprint density at radius 1 is 1.30 bits per heavy atom. The maximum Gasteiger partial charge on any atom is 0.230 e. The summed E-state index contributed by atoms with van der Waals surface area (Å²) in [5.41, 5.74) is 7.28. The van der Waals surface area contributed by atoms with Gasteiger partial charge in [-0.25, -0.2) is 0 Å². The number of aryl methyl sites for hydroxylation is 2. The van der Waals surface area contributed by atoms with Crippen LogP contribution in [0.2, 0.25) is 0 Å². The molecule has 1 aliphatic rings. The van der Waals surface area contributed by atoms with E-state index in [1.807, 2.05) is 43.0 Å². The summed E-state index contributed by atoms with van der Waals surface area (Å²) in [6, 6.07) is 8.02. The lowest BCUT2D eigenvalue weighted by Gasteiger charge is -2.26. The van der Waals surface area contributed by atoms with Gasteiger partial charge in [-0.3, -0.25) is 4.79 Å². The molecule has 1 aromatic heterocycles. The Morgan fingerprint density at radius 2 is 2.09 bits per heavy atom. The van der Waals surface area contributed by atoms with Gasteiger partial charge in [0, 0.05) is 43.6 Å². The maximum absolute atomic E-state index is 13.4. The molecule has 1 amide bonds. The summed E-state index contributed by atoms with van der Waals surface area (Å²) in [6.07, 6.45) is 10.1. The Kier molecular flexibility index (Phi) is 8.72. The molecular formula is C28H37N3O2. The van der Waals surface area contributed by atoms with Gasteiger partial charge in [-0.15, -0.1) is 0 Å². The zero-order valence-electron chi connectivity index (χ0n) is 20.4. The Balaban J connectivity index is 1.86. The summed E-state index contributed by atoms with van der Waals surface area (Å²) in [4.78, 5) is 18.7. The number of allylic oxidation sites excluding steroid dienone is 4. The second-order valence-corrected chi connectivity index (χ2v) is 8.42. The first-order valence-corrected chi connectivity index (χ1v) is 11.9. The lowest BCUT2D eigenvalue weighted by molar-refractivity contribution is -0.133. The molecule has 176 valence electrons. The molecule has 33 heavy (non-hydrogen) atoms. The van der Waals surface area contributed by atoms with Crippen molar-refractivity contribution >= 4 is 11.5 Å². The van der Waals surface area contributed by atoms with Gasteiger partial charge in [-0.05, 0) is 68.0 Å². The van der Waals surface area contributed by atoms with E-state index in [2.05, 4.69) is 48.2 Å². The number of benzene rings is 1. The summed E-state index contributed by atoms with van der Waals surface area (Å²) in [5.74, 6) is 0.769. The number of carbonyl (C=O) groups excluding carboxylic acids is 1. The number of nitrogens with zero attached hydrogens (tertiary/aromatic N) is 1. The first kappa shape index (κ1) is 24.6. The van der Waals surface area contributed by atoms with Crippen molar-refractivity contribution < 1.29 is 9.53 Å². The van der Waals surface area contributed by atoms with Crippen molar-refractivity contribution in [3.05, 3.63) is 83.2 Å². The highest BCUT2D eigenvalue weighted by Crippen LogP contribution is 2.37. The van der Waals surface area contributed by atoms with Crippen LogP contribution in [0.1, 0.15) is 42.7 Å². The highest BCUT2D eigenvalue weighted by Gasteiger charge is 2.26. The summed E-state index contributed by atoms with van der Waals surface area (Å²) in [6.45, 7) is 12.8. The molecule has 0 spiro atoms. The molecular weight excluding hydrogens is 410 g/mol. The van der Waals surface area contributed by atoms with Crippen molar-refractivity contribution in [1.82, 2.24) is 15.2 Å². The third-order valence-electron chi connectivity index (χ3n) is 6.34. The Hall–Kier alpha value is -3.05. The van der Waals surface area contributed by atoms with Crippen LogP contribution in [0.3, 0.4) is 0 Å². The van der Waals surface area contributed by atoms with E-state index in [1.165, 1.54) is 22.3 Å². The highest BCUT2D eigenvalue weighted by molar-refractivity contribution is 5.87. The molecule has 2 aromatic rings. The van der Waals surface area contributed by atoms with E-state index in [4.69, 9.17) is 4.74 Å². The van der Waals surface area contributed by atoms with Crippen molar-refractivity contribution in [2.75, 3.05) is 26.7 Å². The fourth-order valence-corrected chi connectivity index (χ4v) is 4.58. The van der Waals surface area contributed by atoms with E-state index < -0.39 is 0 Å². The van der Waals surface area contributed by atoms with E-state index in [0.29, 0.717) is 26.2 Å². The average Bonchev–Trinajstić information content (AvgIpc) is 3.21. The smallest absolute Gasteiger partial charge is 0.230 e. The summed E-state index contributed by atoms with van der Waals surface area (Å²) >= 11 is 0. The van der Waals surface area contributed by atoms with Gasteiger partial charge in [0.1, 0.15) is 5.75 Å². The van der Waals surface area contributed by atoms with Crippen LogP contribution in [0.15, 0.2) is 60.8 Å². The van der Waals surface area contributed by atoms with Gasteiger partial charge in [-0.1, -0.05) is 36.9 Å². The lowest BCUT2D eigenvalue weighted by atomic mass is 9.82. The maximum atomic E-state index is 13.4. The topological polar surface area (TPSA) is 57.4 Å². The van der Waals surface area contributed by atoms with Gasteiger partial charge >= 0.3 is 0 Å². The molecule has 0 aliphatic heterocycles. The Labute approximate surface area is 198 Å². The fraction of sp³-hybridized carbons (Fsp3) is 0.393. The van der Waals surface area contributed by atoms with Crippen molar-refractivity contribution in [2.24, 2.45) is 5.92 Å². The van der Waals surface area contributed by atoms with Gasteiger partial charge in [0.15, 0.2) is 0 Å². The predicted molar refractivity (Wildman–Crippen MR) is 136 cm³/mol. The van der Waals surface area contributed by atoms with Crippen LogP contribution in [-0.4, -0.2) is 42.5 Å². The minimum Gasteiger partial charge on any atom is -0.497 e. The number of nitrogens with one attached hydrogen (secondary N) is 2. The summed E-state index contributed by atoms with van der Waals surface area (Å²) in [5, 5.41) is 3.51. The highest BCUT2D eigenvalue weighted by atomic mass is 16.5. The Bertz CT molecular complexity index is 1030. The van der Waals surface area contributed by atoms with E-state index >= 15 is 0 Å². The second kappa shape index (κ2) is 11.7. The van der Waals surface area contributed by atoms with Crippen molar-refractivity contribution in [2.45, 2.75) is 40.2 Å². The predicted octanol–water partition coefficient (Wildman–Crippen LogP) is 5.05. The Morgan fingerprint density at radius 3 is 2.79 bits per heavy atom. The SMILES string of the molecule is C=C/C=C1/C(=C/C(CNCc2cccc(OC)c2)C(=O)N(CC)CC)CCc2c[nH]c(C)c21. The van der Waals surface area contributed by atoms with Crippen LogP contribution in [0, 0.1) is 12.8 Å². The number of hydrogen-bond acceptors (Lipinski definition) is 3. The molecule has 2 N–H and O–H groups in total. The van der Waals surface area contributed by atoms with Crippen molar-refractivity contribution in [3.63, 3.8) is 0 Å². The quantitative estimate of drug-likeness (QED) is 0.536. The molecule has 0 radical (unpaired) electrons. The average molecular weight is 448 g/mol. The van der Waals surface area contributed by atoms with Crippen LogP contribution in [0.25, 0.3) is 5.57 Å². The van der Waals surface area contributed by atoms with E-state index in [0.717, 1.165) is 29.8 Å². The fourth-order valence-electron chi connectivity index (χ4n) is 4.58. The second-order valence-electron chi connectivity index (χ2n) is 8.42. The van der Waals surface area contributed by atoms with Gasteiger partial charge in [-0.2, -0.15) is 0 Å². The molecule has 1 atom stereocenters. The van der Waals surface area contributed by atoms with E-state index in [1.54, 1.807) is 7.11 Å². The van der Waals surface area contributed by atoms with Crippen molar-refractivity contribution in [3.8, 4) is 5.75 Å². The molecule has 1 unspecified atom stereocenters. The number of ether oxygens (including phenoxy) is 1. The number of fused-ring (bicyclic) bond motifs is 1. The molecule has 5 heteroatoms. The van der Waals surface area contributed by atoms with Crippen LogP contribution in [0.5, 0.6) is 5.75 Å². The first-order valence-electron chi connectivity index (χ1n) is 11.9. The van der Waals surface area contributed by atoms with Gasteiger partial charge in [0.25, 0.3) is 0 Å². The minimum atomic E-state index is -0.237. The molecule has 0 bridgehead atoms. The zero-order chi connectivity index (χ0) is 23.8. The molecule has 1 heterocycles. The van der Waals surface area contributed by atoms with E-state index in [-0.39, 0.29) is 11.8 Å². The zero-order valence-corrected chi connectivity index (χ0v) is 20.4. The number of carbonyl (C=O) groups is 1. The number of rotatable bonds is 10. The van der Waals surface area contributed by atoms with E-state index in [9.17, 15) is 4.79 Å². The van der Waals surface area contributed by atoms with Crippen LogP contribution >= 0.6 is 0 Å². The number of amides is 1. The van der Waals surface area contributed by atoms with Gasteiger partial charge < -0.3 is 19.9 Å². The monoisotopic (exact) mass is 447 g/mol. The molecule has 0 fully saturated rings. The molecule has 1 aliphatic carbocycles. The largest absolute Gasteiger partial charge is 0.497 e. The number of hydrogen-bond donors (Lipinski definition) is 2. The van der Waals surface area contributed by atoms with Gasteiger partial charge in [0.05, 0.1) is 13.0 Å². The van der Waals surface area contributed by atoms with Crippen molar-refractivity contribution in [1.29, 1.82) is 0 Å². The third-order valence-corrected chi connectivity index (χ3v) is 6.34. The molecule has 5 nitrogen and oxygen atoms in total.